The topological polar surface area (TPSA) is 29.1 Å². The Morgan fingerprint density at radius 3 is 2.50 bits per heavy atom. The number of alkyl halides is 1. The van der Waals surface area contributed by atoms with Crippen molar-refractivity contribution in [3.63, 3.8) is 0 Å². The highest BCUT2D eigenvalue weighted by molar-refractivity contribution is 6.42. The Bertz CT molecular complexity index is 352. The van der Waals surface area contributed by atoms with Gasteiger partial charge < -0.3 is 5.32 Å². The summed E-state index contributed by atoms with van der Waals surface area (Å²) >= 11 is 17.0. The lowest BCUT2D eigenvalue weighted by molar-refractivity contribution is -0.115. The second kappa shape index (κ2) is 4.87. The van der Waals surface area contributed by atoms with Crippen LogP contribution in [0.1, 0.15) is 6.92 Å². The van der Waals surface area contributed by atoms with Crippen molar-refractivity contribution in [1.29, 1.82) is 0 Å². The summed E-state index contributed by atoms with van der Waals surface area (Å²) in [5.41, 5.74) is 0.580. The molecular formula is C9H8Cl3NO. The van der Waals surface area contributed by atoms with Gasteiger partial charge in [-0.25, -0.2) is 0 Å². The maximum Gasteiger partial charge on any atom is 0.242 e. The minimum Gasteiger partial charge on any atom is -0.325 e. The van der Waals surface area contributed by atoms with Crippen molar-refractivity contribution in [3.05, 3.63) is 28.2 Å². The molecule has 0 unspecified atom stereocenters. The van der Waals surface area contributed by atoms with Gasteiger partial charge in [0, 0.05) is 5.69 Å². The lowest BCUT2D eigenvalue weighted by Crippen LogP contribution is -2.20. The zero-order valence-corrected chi connectivity index (χ0v) is 9.62. The first-order chi connectivity index (χ1) is 6.50. The molecule has 14 heavy (non-hydrogen) atoms. The summed E-state index contributed by atoms with van der Waals surface area (Å²) in [4.78, 5) is 11.2. The SMILES string of the molecule is C[C@@H](Cl)C(=O)Nc1ccc(Cl)c(Cl)c1. The van der Waals surface area contributed by atoms with Gasteiger partial charge in [-0.2, -0.15) is 0 Å². The van der Waals surface area contributed by atoms with Crippen molar-refractivity contribution >= 4 is 46.4 Å². The smallest absolute Gasteiger partial charge is 0.242 e. The van der Waals surface area contributed by atoms with Crippen LogP contribution in [0.15, 0.2) is 18.2 Å². The lowest BCUT2D eigenvalue weighted by Gasteiger charge is -2.06. The number of nitrogens with one attached hydrogen (secondary N) is 1. The molecule has 76 valence electrons. The molecule has 0 spiro atoms. The van der Waals surface area contributed by atoms with Crippen molar-refractivity contribution in [1.82, 2.24) is 0 Å². The van der Waals surface area contributed by atoms with E-state index in [0.29, 0.717) is 15.7 Å². The van der Waals surface area contributed by atoms with E-state index >= 15 is 0 Å². The third-order valence-electron chi connectivity index (χ3n) is 1.55. The van der Waals surface area contributed by atoms with E-state index in [2.05, 4.69) is 5.32 Å². The maximum absolute atomic E-state index is 11.2. The van der Waals surface area contributed by atoms with Crippen LogP contribution in [-0.4, -0.2) is 11.3 Å². The van der Waals surface area contributed by atoms with Crippen molar-refractivity contribution in [2.75, 3.05) is 5.32 Å². The molecule has 1 rings (SSSR count). The molecule has 1 amide bonds. The molecule has 0 saturated heterocycles. The summed E-state index contributed by atoms with van der Waals surface area (Å²) in [7, 11) is 0. The second-order valence-corrected chi connectivity index (χ2v) is 4.20. The molecule has 1 N–H and O–H groups in total. The molecule has 0 radical (unpaired) electrons. The molecule has 0 aliphatic rings. The van der Waals surface area contributed by atoms with Crippen molar-refractivity contribution < 1.29 is 4.79 Å². The quantitative estimate of drug-likeness (QED) is 0.801. The van der Waals surface area contributed by atoms with Gasteiger partial charge in [0.05, 0.1) is 10.0 Å². The van der Waals surface area contributed by atoms with E-state index in [9.17, 15) is 4.79 Å². The van der Waals surface area contributed by atoms with Crippen LogP contribution < -0.4 is 5.32 Å². The van der Waals surface area contributed by atoms with Gasteiger partial charge in [-0.05, 0) is 25.1 Å². The zero-order chi connectivity index (χ0) is 10.7. The fraction of sp³-hybridized carbons (Fsp3) is 0.222. The number of amides is 1. The largest absolute Gasteiger partial charge is 0.325 e. The number of carbonyl (C=O) groups is 1. The Morgan fingerprint density at radius 1 is 1.36 bits per heavy atom. The van der Waals surface area contributed by atoms with Crippen LogP contribution in [0.4, 0.5) is 5.69 Å². The van der Waals surface area contributed by atoms with Gasteiger partial charge in [-0.3, -0.25) is 4.79 Å². The Labute approximate surface area is 97.1 Å². The van der Waals surface area contributed by atoms with Crippen LogP contribution in [0.5, 0.6) is 0 Å². The van der Waals surface area contributed by atoms with Gasteiger partial charge in [0.1, 0.15) is 5.38 Å². The molecule has 0 aliphatic heterocycles. The first-order valence-corrected chi connectivity index (χ1v) is 5.10. The van der Waals surface area contributed by atoms with E-state index < -0.39 is 5.38 Å². The number of anilines is 1. The molecule has 0 aromatic heterocycles. The van der Waals surface area contributed by atoms with E-state index in [-0.39, 0.29) is 5.91 Å². The summed E-state index contributed by atoms with van der Waals surface area (Å²) < 4.78 is 0. The van der Waals surface area contributed by atoms with Gasteiger partial charge >= 0.3 is 0 Å². The monoisotopic (exact) mass is 251 g/mol. The highest BCUT2D eigenvalue weighted by Gasteiger charge is 2.09. The Kier molecular flexibility index (Phi) is 4.05. The summed E-state index contributed by atoms with van der Waals surface area (Å²) in [6.45, 7) is 1.59. The lowest BCUT2D eigenvalue weighted by atomic mass is 10.3. The predicted molar refractivity (Wildman–Crippen MR) is 60.4 cm³/mol. The molecule has 0 bridgehead atoms. The standard InChI is InChI=1S/C9H8Cl3NO/c1-5(10)9(14)13-6-2-3-7(11)8(12)4-6/h2-5H,1H3,(H,13,14)/t5-/m1/s1. The second-order valence-electron chi connectivity index (χ2n) is 2.73. The first kappa shape index (κ1) is 11.6. The number of benzene rings is 1. The highest BCUT2D eigenvalue weighted by atomic mass is 35.5. The molecule has 0 fully saturated rings. The van der Waals surface area contributed by atoms with Crippen molar-refractivity contribution in [2.45, 2.75) is 12.3 Å². The summed E-state index contributed by atoms with van der Waals surface area (Å²) in [5.74, 6) is -0.273. The minimum atomic E-state index is -0.579. The molecular weight excluding hydrogens is 244 g/mol. The molecule has 1 aromatic carbocycles. The van der Waals surface area contributed by atoms with Crippen LogP contribution >= 0.6 is 34.8 Å². The molecule has 1 aromatic rings. The highest BCUT2D eigenvalue weighted by Crippen LogP contribution is 2.25. The van der Waals surface area contributed by atoms with Crippen molar-refractivity contribution in [2.24, 2.45) is 0 Å². The number of rotatable bonds is 2. The molecule has 0 saturated carbocycles. The average Bonchev–Trinajstić information content (AvgIpc) is 2.11. The Balaban J connectivity index is 2.78. The maximum atomic E-state index is 11.2. The molecule has 2 nitrogen and oxygen atoms in total. The Hall–Kier alpha value is -0.440. The van der Waals surface area contributed by atoms with Crippen LogP contribution in [0, 0.1) is 0 Å². The first-order valence-electron chi connectivity index (χ1n) is 3.90. The van der Waals surface area contributed by atoms with Gasteiger partial charge in [0.25, 0.3) is 0 Å². The van der Waals surface area contributed by atoms with Crippen molar-refractivity contribution in [3.8, 4) is 0 Å². The van der Waals surface area contributed by atoms with E-state index in [1.54, 1.807) is 25.1 Å². The van der Waals surface area contributed by atoms with E-state index in [1.165, 1.54) is 0 Å². The zero-order valence-electron chi connectivity index (χ0n) is 7.35. The molecule has 0 heterocycles. The van der Waals surface area contributed by atoms with Crippen LogP contribution in [0.3, 0.4) is 0 Å². The number of hydrogen-bond donors (Lipinski definition) is 1. The molecule has 5 heteroatoms. The third-order valence-corrected chi connectivity index (χ3v) is 2.49. The van der Waals surface area contributed by atoms with E-state index in [4.69, 9.17) is 34.8 Å². The van der Waals surface area contributed by atoms with Crippen LogP contribution in [0.25, 0.3) is 0 Å². The summed E-state index contributed by atoms with van der Waals surface area (Å²) in [6.07, 6.45) is 0. The predicted octanol–water partition coefficient (Wildman–Crippen LogP) is 3.56. The third kappa shape index (κ3) is 3.05. The number of hydrogen-bond acceptors (Lipinski definition) is 1. The average molecular weight is 253 g/mol. The van der Waals surface area contributed by atoms with Gasteiger partial charge in [0.2, 0.25) is 5.91 Å². The normalized spacial score (nSPS) is 12.3. The number of halogens is 3. The van der Waals surface area contributed by atoms with Crippen LogP contribution in [0.2, 0.25) is 10.0 Å². The summed E-state index contributed by atoms with van der Waals surface area (Å²) in [6, 6.07) is 4.84. The van der Waals surface area contributed by atoms with Gasteiger partial charge in [-0.1, -0.05) is 23.2 Å². The fourth-order valence-electron chi connectivity index (χ4n) is 0.816. The molecule has 1 atom stereocenters. The van der Waals surface area contributed by atoms with Gasteiger partial charge in [-0.15, -0.1) is 11.6 Å². The van der Waals surface area contributed by atoms with Crippen LogP contribution in [-0.2, 0) is 4.79 Å². The minimum absolute atomic E-state index is 0.273. The van der Waals surface area contributed by atoms with E-state index in [0.717, 1.165) is 0 Å². The van der Waals surface area contributed by atoms with Gasteiger partial charge in [0.15, 0.2) is 0 Å². The summed E-state index contributed by atoms with van der Waals surface area (Å²) in [5, 5.41) is 2.86. The fourth-order valence-corrected chi connectivity index (χ4v) is 1.17. The number of carbonyl (C=O) groups excluding carboxylic acids is 1. The molecule has 0 aliphatic carbocycles. The Morgan fingerprint density at radius 2 is 2.00 bits per heavy atom. The van der Waals surface area contributed by atoms with E-state index in [1.807, 2.05) is 0 Å².